The predicted octanol–water partition coefficient (Wildman–Crippen LogP) is 3.12. The van der Waals surface area contributed by atoms with Gasteiger partial charge in [-0.25, -0.2) is 0 Å². The molecule has 0 N–H and O–H groups in total. The quantitative estimate of drug-likeness (QED) is 0.697. The summed E-state index contributed by atoms with van der Waals surface area (Å²) >= 11 is 0. The Labute approximate surface area is 127 Å². The number of carbonyl (C=O) groups excluding carboxylic acids is 1. The molecule has 0 spiro atoms. The van der Waals surface area contributed by atoms with Crippen molar-refractivity contribution in [1.82, 2.24) is 4.57 Å². The van der Waals surface area contributed by atoms with Gasteiger partial charge < -0.3 is 4.74 Å². The topological polar surface area (TPSA) is 48.3 Å². The molecule has 0 aliphatic carbocycles. The van der Waals surface area contributed by atoms with Crippen LogP contribution in [0.2, 0.25) is 0 Å². The smallest absolute Gasteiger partial charge is 0.262 e. The van der Waals surface area contributed by atoms with Crippen LogP contribution in [0.3, 0.4) is 0 Å². The molecule has 0 radical (unpaired) electrons. The molecular formula is C18H15NO3. The Balaban J connectivity index is 2.24. The predicted molar refractivity (Wildman–Crippen MR) is 86.2 cm³/mol. The molecule has 22 heavy (non-hydrogen) atoms. The maximum Gasteiger partial charge on any atom is 0.262 e. The maximum atomic E-state index is 12.7. The lowest BCUT2D eigenvalue weighted by Gasteiger charge is -2.10. The number of nitrogens with zero attached hydrogens (tertiary/aromatic N) is 1. The first-order valence-corrected chi connectivity index (χ1v) is 6.89. The Bertz CT molecular complexity index is 925. The van der Waals surface area contributed by atoms with E-state index in [1.165, 1.54) is 11.7 Å². The van der Waals surface area contributed by atoms with Crippen LogP contribution in [0.1, 0.15) is 15.9 Å². The van der Waals surface area contributed by atoms with Crippen molar-refractivity contribution in [2.24, 2.45) is 0 Å². The van der Waals surface area contributed by atoms with Crippen LogP contribution >= 0.6 is 0 Å². The van der Waals surface area contributed by atoms with E-state index in [0.717, 1.165) is 17.2 Å². The Morgan fingerprint density at radius 1 is 1.09 bits per heavy atom. The molecule has 3 rings (SSSR count). The van der Waals surface area contributed by atoms with Crippen LogP contribution in [0.25, 0.3) is 16.5 Å². The lowest BCUT2D eigenvalue weighted by molar-refractivity contribution is 0.112. The van der Waals surface area contributed by atoms with Gasteiger partial charge in [-0.3, -0.25) is 14.2 Å². The van der Waals surface area contributed by atoms with E-state index in [-0.39, 0.29) is 5.56 Å². The number of pyridine rings is 1. The highest BCUT2D eigenvalue weighted by Crippen LogP contribution is 2.20. The fourth-order valence-electron chi connectivity index (χ4n) is 2.52. The van der Waals surface area contributed by atoms with Crippen molar-refractivity contribution < 1.29 is 9.53 Å². The molecule has 4 heteroatoms. The van der Waals surface area contributed by atoms with Crippen LogP contribution in [0, 0.1) is 6.92 Å². The number of methoxy groups -OCH3 is 1. The van der Waals surface area contributed by atoms with E-state index in [4.69, 9.17) is 4.74 Å². The van der Waals surface area contributed by atoms with Crippen LogP contribution in [0.4, 0.5) is 0 Å². The first-order chi connectivity index (χ1) is 10.6. The second kappa shape index (κ2) is 5.48. The average Bonchev–Trinajstić information content (AvgIpc) is 2.55. The largest absolute Gasteiger partial charge is 0.496 e. The number of fused-ring (bicyclic) bond motifs is 1. The molecule has 0 unspecified atom stereocenters. The molecule has 0 aliphatic heterocycles. The second-order valence-electron chi connectivity index (χ2n) is 5.13. The fourth-order valence-corrected chi connectivity index (χ4v) is 2.52. The van der Waals surface area contributed by atoms with E-state index in [1.54, 1.807) is 24.4 Å². The van der Waals surface area contributed by atoms with Gasteiger partial charge >= 0.3 is 0 Å². The number of carbonyl (C=O) groups is 1. The Morgan fingerprint density at radius 3 is 2.64 bits per heavy atom. The highest BCUT2D eigenvalue weighted by Gasteiger charge is 2.08. The van der Waals surface area contributed by atoms with Gasteiger partial charge in [0.05, 0.1) is 12.7 Å². The van der Waals surface area contributed by atoms with E-state index < -0.39 is 0 Å². The lowest BCUT2D eigenvalue weighted by atomic mass is 10.1. The SMILES string of the molecule is COc1ccc(-n2ccc3ccc(C)cc3c2=O)cc1C=O. The summed E-state index contributed by atoms with van der Waals surface area (Å²) in [7, 11) is 1.51. The molecule has 4 nitrogen and oxygen atoms in total. The van der Waals surface area contributed by atoms with Crippen LogP contribution in [0.5, 0.6) is 5.75 Å². The summed E-state index contributed by atoms with van der Waals surface area (Å²) in [5, 5.41) is 1.56. The van der Waals surface area contributed by atoms with Crippen molar-refractivity contribution >= 4 is 17.1 Å². The van der Waals surface area contributed by atoms with E-state index in [2.05, 4.69) is 0 Å². The minimum absolute atomic E-state index is 0.108. The number of aldehydes is 1. The van der Waals surface area contributed by atoms with Gasteiger partial charge in [-0.2, -0.15) is 0 Å². The molecular weight excluding hydrogens is 278 g/mol. The summed E-state index contributed by atoms with van der Waals surface area (Å²) in [6, 6.07) is 12.8. The summed E-state index contributed by atoms with van der Waals surface area (Å²) in [5.74, 6) is 0.489. The van der Waals surface area contributed by atoms with Gasteiger partial charge in [0.25, 0.3) is 5.56 Å². The highest BCUT2D eigenvalue weighted by molar-refractivity contribution is 5.83. The molecule has 0 saturated heterocycles. The molecule has 110 valence electrons. The Kier molecular flexibility index (Phi) is 3.51. The van der Waals surface area contributed by atoms with Crippen LogP contribution < -0.4 is 10.3 Å². The molecule has 0 atom stereocenters. The fraction of sp³-hybridized carbons (Fsp3) is 0.111. The lowest BCUT2D eigenvalue weighted by Crippen LogP contribution is -2.17. The molecule has 3 aromatic rings. The number of hydrogen-bond acceptors (Lipinski definition) is 3. The monoisotopic (exact) mass is 293 g/mol. The minimum Gasteiger partial charge on any atom is -0.496 e. The van der Waals surface area contributed by atoms with Gasteiger partial charge in [-0.05, 0) is 42.6 Å². The van der Waals surface area contributed by atoms with Crippen molar-refractivity contribution in [3.05, 3.63) is 70.1 Å². The third-order valence-corrected chi connectivity index (χ3v) is 3.68. The molecule has 0 fully saturated rings. The van der Waals surface area contributed by atoms with E-state index in [1.807, 2.05) is 31.2 Å². The summed E-state index contributed by atoms with van der Waals surface area (Å²) < 4.78 is 6.66. The molecule has 0 aliphatic rings. The van der Waals surface area contributed by atoms with Gasteiger partial charge in [0.1, 0.15) is 5.75 Å². The summed E-state index contributed by atoms with van der Waals surface area (Å²) in [5.41, 5.74) is 1.97. The zero-order valence-electron chi connectivity index (χ0n) is 12.4. The number of ether oxygens (including phenoxy) is 1. The van der Waals surface area contributed by atoms with Crippen LogP contribution in [0.15, 0.2) is 53.5 Å². The second-order valence-corrected chi connectivity index (χ2v) is 5.13. The average molecular weight is 293 g/mol. The third kappa shape index (κ3) is 2.29. The summed E-state index contributed by atoms with van der Waals surface area (Å²) in [4.78, 5) is 23.8. The van der Waals surface area contributed by atoms with Crippen molar-refractivity contribution in [3.63, 3.8) is 0 Å². The highest BCUT2D eigenvalue weighted by atomic mass is 16.5. The van der Waals surface area contributed by atoms with Crippen LogP contribution in [-0.2, 0) is 0 Å². The van der Waals surface area contributed by atoms with Crippen molar-refractivity contribution in [2.75, 3.05) is 7.11 Å². The zero-order chi connectivity index (χ0) is 15.7. The van der Waals surface area contributed by atoms with E-state index >= 15 is 0 Å². The maximum absolute atomic E-state index is 12.7. The van der Waals surface area contributed by atoms with Crippen LogP contribution in [-0.4, -0.2) is 18.0 Å². The molecule has 0 amide bonds. The number of aryl methyl sites for hydroxylation is 1. The molecule has 1 heterocycles. The molecule has 0 bridgehead atoms. The zero-order valence-corrected chi connectivity index (χ0v) is 12.4. The van der Waals surface area contributed by atoms with Gasteiger partial charge in [-0.1, -0.05) is 17.7 Å². The van der Waals surface area contributed by atoms with Crippen molar-refractivity contribution in [1.29, 1.82) is 0 Å². The summed E-state index contributed by atoms with van der Waals surface area (Å²) in [6.07, 6.45) is 2.44. The van der Waals surface area contributed by atoms with Gasteiger partial charge in [0, 0.05) is 17.3 Å². The minimum atomic E-state index is -0.108. The van der Waals surface area contributed by atoms with Gasteiger partial charge in [-0.15, -0.1) is 0 Å². The standard InChI is InChI=1S/C18H15NO3/c1-12-3-4-13-7-8-19(18(21)16(13)9-12)15-5-6-17(22-2)14(10-15)11-20/h3-11H,1-2H3. The molecule has 2 aromatic carbocycles. The van der Waals surface area contributed by atoms with Crippen molar-refractivity contribution in [2.45, 2.75) is 6.92 Å². The van der Waals surface area contributed by atoms with Gasteiger partial charge in [0.15, 0.2) is 6.29 Å². The number of aromatic nitrogens is 1. The van der Waals surface area contributed by atoms with E-state index in [9.17, 15) is 9.59 Å². The Hall–Kier alpha value is -2.88. The molecule has 1 aromatic heterocycles. The molecule has 0 saturated carbocycles. The first kappa shape index (κ1) is 14.1. The number of hydrogen-bond donors (Lipinski definition) is 0. The number of benzene rings is 2. The van der Waals surface area contributed by atoms with Crippen molar-refractivity contribution in [3.8, 4) is 11.4 Å². The third-order valence-electron chi connectivity index (χ3n) is 3.68. The van der Waals surface area contributed by atoms with Gasteiger partial charge in [0.2, 0.25) is 0 Å². The normalized spacial score (nSPS) is 10.6. The Morgan fingerprint density at radius 2 is 1.91 bits per heavy atom. The summed E-state index contributed by atoms with van der Waals surface area (Å²) in [6.45, 7) is 1.95. The first-order valence-electron chi connectivity index (χ1n) is 6.89. The van der Waals surface area contributed by atoms with E-state index in [0.29, 0.717) is 22.4 Å². The number of rotatable bonds is 3.